The average molecular weight is 351 g/mol. The van der Waals surface area contributed by atoms with Crippen molar-refractivity contribution in [1.82, 2.24) is 10.6 Å². The summed E-state index contributed by atoms with van der Waals surface area (Å²) in [5.41, 5.74) is 15.3. The molecule has 0 spiro atoms. The molecule has 0 bridgehead atoms. The zero-order valence-electron chi connectivity index (χ0n) is 15.0. The summed E-state index contributed by atoms with van der Waals surface area (Å²) in [6, 6.07) is 5.88. The molecule has 6 heteroatoms. The molecule has 1 amide bonds. The van der Waals surface area contributed by atoms with E-state index >= 15 is 0 Å². The molecule has 0 unspecified atom stereocenters. The van der Waals surface area contributed by atoms with Crippen LogP contribution in [-0.2, 0) is 0 Å². The first-order valence-corrected chi connectivity index (χ1v) is 8.34. The van der Waals surface area contributed by atoms with Crippen LogP contribution in [0, 0.1) is 6.92 Å². The van der Waals surface area contributed by atoms with Crippen LogP contribution in [0.3, 0.4) is 0 Å². The summed E-state index contributed by atoms with van der Waals surface area (Å²) in [6.45, 7) is 11.3. The first-order valence-electron chi connectivity index (χ1n) is 8.34. The van der Waals surface area contributed by atoms with Crippen molar-refractivity contribution in [1.29, 1.82) is 0 Å². The minimum Gasteiger partial charge on any atom is -0.370 e. The van der Waals surface area contributed by atoms with Gasteiger partial charge in [0.1, 0.15) is 0 Å². The summed E-state index contributed by atoms with van der Waals surface area (Å²) in [5.74, 6) is -0.288. The number of aryl methyl sites for hydroxylation is 1. The number of nitrogens with one attached hydrogen (secondary N) is 2. The second kappa shape index (κ2) is 8.82. The highest BCUT2D eigenvalue weighted by atomic mass is 16.1. The normalized spacial score (nSPS) is 13.8. The van der Waals surface area contributed by atoms with Gasteiger partial charge in [0.05, 0.1) is 5.70 Å². The average Bonchev–Trinajstić information content (AvgIpc) is 2.60. The number of nitrogens with two attached hydrogens (primary N) is 2. The van der Waals surface area contributed by atoms with E-state index in [1.54, 1.807) is 12.2 Å². The van der Waals surface area contributed by atoms with Crippen LogP contribution in [-0.4, -0.2) is 25.0 Å². The molecule has 0 fully saturated rings. The van der Waals surface area contributed by atoms with E-state index in [-0.39, 0.29) is 11.9 Å². The summed E-state index contributed by atoms with van der Waals surface area (Å²) in [6.07, 6.45) is 6.35. The lowest BCUT2D eigenvalue weighted by atomic mass is 9.96. The topological polar surface area (TPSA) is 106 Å². The van der Waals surface area contributed by atoms with E-state index in [1.807, 2.05) is 25.1 Å². The van der Waals surface area contributed by atoms with Gasteiger partial charge in [0, 0.05) is 17.8 Å². The van der Waals surface area contributed by atoms with E-state index in [2.05, 4.69) is 34.9 Å². The smallest absolute Gasteiger partial charge is 0.255 e. The van der Waals surface area contributed by atoms with E-state index in [9.17, 15) is 4.79 Å². The summed E-state index contributed by atoms with van der Waals surface area (Å²) >= 11 is 0. The highest BCUT2D eigenvalue weighted by molar-refractivity contribution is 5.97. The van der Waals surface area contributed by atoms with Crippen LogP contribution >= 0.6 is 0 Å². The zero-order chi connectivity index (χ0) is 19.1. The molecule has 1 aromatic rings. The molecule has 0 atom stereocenters. The quantitative estimate of drug-likeness (QED) is 0.357. The largest absolute Gasteiger partial charge is 0.370 e. The molecule has 0 saturated carbocycles. The first kappa shape index (κ1) is 19.2. The molecule has 0 aliphatic carbocycles. The van der Waals surface area contributed by atoms with Crippen LogP contribution in [0.2, 0.25) is 0 Å². The van der Waals surface area contributed by atoms with E-state index in [0.717, 1.165) is 30.6 Å². The second-order valence-electron chi connectivity index (χ2n) is 6.05. The van der Waals surface area contributed by atoms with Gasteiger partial charge in [-0.3, -0.25) is 4.79 Å². The lowest BCUT2D eigenvalue weighted by Crippen LogP contribution is -2.23. The minimum absolute atomic E-state index is 0.0751. The van der Waals surface area contributed by atoms with Gasteiger partial charge >= 0.3 is 0 Å². The molecule has 1 heterocycles. The van der Waals surface area contributed by atoms with Gasteiger partial charge < -0.3 is 22.1 Å². The summed E-state index contributed by atoms with van der Waals surface area (Å²) < 4.78 is 0. The Balaban J connectivity index is 2.04. The minimum atomic E-state index is -0.213. The van der Waals surface area contributed by atoms with Gasteiger partial charge in [0.2, 0.25) is 0 Å². The molecule has 6 nitrogen and oxygen atoms in total. The highest BCUT2D eigenvalue weighted by Gasteiger charge is 2.12. The number of hydrogen-bond donors (Lipinski definition) is 4. The molecule has 26 heavy (non-hydrogen) atoms. The Morgan fingerprint density at radius 2 is 2.08 bits per heavy atom. The fourth-order valence-electron chi connectivity index (χ4n) is 2.66. The number of guanidine groups is 1. The number of allylic oxidation sites excluding steroid dienone is 2. The van der Waals surface area contributed by atoms with Crippen LogP contribution in [0.25, 0.3) is 5.57 Å². The number of benzene rings is 1. The van der Waals surface area contributed by atoms with Crippen molar-refractivity contribution in [3.05, 3.63) is 77.7 Å². The van der Waals surface area contributed by atoms with Crippen molar-refractivity contribution in [3.63, 3.8) is 0 Å². The molecule has 1 aromatic carbocycles. The standard InChI is InChI=1S/C20H25N5O/c1-13-12-17(16-8-10-23-11-9-16)6-7-18(13)19(26)24-14(2)4-5-15(3)25-20(21)22/h4-8,12,23H,2-3,9-11H2,1H3,(H,24,26)(H4,21,22,25)/b5-4-. The molecule has 2 rings (SSSR count). The van der Waals surface area contributed by atoms with Crippen molar-refractivity contribution in [2.75, 3.05) is 13.1 Å². The van der Waals surface area contributed by atoms with Crippen molar-refractivity contribution in [2.24, 2.45) is 16.5 Å². The predicted octanol–water partition coefficient (Wildman–Crippen LogP) is 1.96. The highest BCUT2D eigenvalue weighted by Crippen LogP contribution is 2.22. The van der Waals surface area contributed by atoms with Gasteiger partial charge in [-0.05, 0) is 54.8 Å². The van der Waals surface area contributed by atoms with E-state index in [0.29, 0.717) is 17.0 Å². The van der Waals surface area contributed by atoms with Gasteiger partial charge in [-0.1, -0.05) is 31.4 Å². The van der Waals surface area contributed by atoms with Crippen molar-refractivity contribution in [3.8, 4) is 0 Å². The predicted molar refractivity (Wildman–Crippen MR) is 107 cm³/mol. The van der Waals surface area contributed by atoms with Gasteiger partial charge in [-0.15, -0.1) is 0 Å². The first-order chi connectivity index (χ1) is 12.4. The Kier molecular flexibility index (Phi) is 6.52. The van der Waals surface area contributed by atoms with Gasteiger partial charge in [0.15, 0.2) is 5.96 Å². The summed E-state index contributed by atoms with van der Waals surface area (Å²) in [5, 5.41) is 6.04. The SMILES string of the molecule is C=C(/C=C\C(=C)NC(=O)c1ccc(C2=CCNCC2)cc1C)N=C(N)N. The number of rotatable bonds is 6. The molecule has 0 saturated heterocycles. The molecule has 0 aromatic heterocycles. The fourth-order valence-corrected chi connectivity index (χ4v) is 2.66. The van der Waals surface area contributed by atoms with Crippen LogP contribution in [0.15, 0.2) is 66.0 Å². The summed E-state index contributed by atoms with van der Waals surface area (Å²) in [7, 11) is 0. The molecule has 1 aliphatic heterocycles. The number of carbonyl (C=O) groups is 1. The van der Waals surface area contributed by atoms with Crippen LogP contribution in [0.1, 0.15) is 27.9 Å². The third-order valence-corrected chi connectivity index (χ3v) is 3.93. The van der Waals surface area contributed by atoms with E-state index < -0.39 is 0 Å². The zero-order valence-corrected chi connectivity index (χ0v) is 15.0. The molecule has 0 radical (unpaired) electrons. The Labute approximate surface area is 154 Å². The van der Waals surface area contributed by atoms with Gasteiger partial charge in [0.25, 0.3) is 5.91 Å². The number of carbonyl (C=O) groups excluding carboxylic acids is 1. The third-order valence-electron chi connectivity index (χ3n) is 3.93. The van der Waals surface area contributed by atoms with Crippen LogP contribution in [0.4, 0.5) is 0 Å². The number of aliphatic imine (C=N–C) groups is 1. The third kappa shape index (κ3) is 5.46. The van der Waals surface area contributed by atoms with Gasteiger partial charge in [-0.2, -0.15) is 0 Å². The lowest BCUT2D eigenvalue weighted by molar-refractivity contribution is 0.0966. The van der Waals surface area contributed by atoms with Gasteiger partial charge in [-0.25, -0.2) is 4.99 Å². The van der Waals surface area contributed by atoms with E-state index in [4.69, 9.17) is 11.5 Å². The Morgan fingerprint density at radius 1 is 1.31 bits per heavy atom. The number of amides is 1. The maximum absolute atomic E-state index is 12.5. The number of nitrogens with zero attached hydrogens (tertiary/aromatic N) is 1. The lowest BCUT2D eigenvalue weighted by Gasteiger charge is -2.16. The van der Waals surface area contributed by atoms with Crippen LogP contribution in [0.5, 0.6) is 0 Å². The maximum Gasteiger partial charge on any atom is 0.255 e. The maximum atomic E-state index is 12.5. The van der Waals surface area contributed by atoms with Crippen molar-refractivity contribution in [2.45, 2.75) is 13.3 Å². The monoisotopic (exact) mass is 351 g/mol. The fraction of sp³-hybridized carbons (Fsp3) is 0.200. The van der Waals surface area contributed by atoms with Crippen LogP contribution < -0.4 is 22.1 Å². The van der Waals surface area contributed by atoms with E-state index in [1.165, 1.54) is 5.57 Å². The summed E-state index contributed by atoms with van der Waals surface area (Å²) in [4.78, 5) is 16.2. The molecule has 1 aliphatic rings. The Morgan fingerprint density at radius 3 is 2.69 bits per heavy atom. The number of hydrogen-bond acceptors (Lipinski definition) is 3. The Hall–Kier alpha value is -3.12. The van der Waals surface area contributed by atoms with Crippen molar-refractivity contribution < 1.29 is 4.79 Å². The molecular weight excluding hydrogens is 326 g/mol. The Bertz CT molecular complexity index is 813. The molecule has 6 N–H and O–H groups in total. The molecule has 136 valence electrons. The van der Waals surface area contributed by atoms with Crippen molar-refractivity contribution >= 4 is 17.4 Å². The molecular formula is C20H25N5O. The second-order valence-corrected chi connectivity index (χ2v) is 6.05.